The predicted molar refractivity (Wildman–Crippen MR) is 104 cm³/mol. The standard InChI is InChI=1S/C20H18N6O/c21-20-23-7-5-15(25-20)14-9-24-19-18(14)16(6-8-22-19)26-10-12-3-1-2-4-13(12)17(26)11-27/h1-9,17,27H,10-11H2,(H,22,24)(H2,21,23,25). The number of hydrogen-bond donors (Lipinski definition) is 3. The number of aromatic amines is 1. The summed E-state index contributed by atoms with van der Waals surface area (Å²) >= 11 is 0. The number of pyridine rings is 1. The van der Waals surface area contributed by atoms with E-state index in [1.807, 2.05) is 30.5 Å². The molecule has 1 unspecified atom stereocenters. The highest BCUT2D eigenvalue weighted by atomic mass is 16.3. The van der Waals surface area contributed by atoms with Crippen LogP contribution < -0.4 is 10.6 Å². The van der Waals surface area contributed by atoms with Crippen LogP contribution in [-0.4, -0.2) is 31.6 Å². The van der Waals surface area contributed by atoms with E-state index in [2.05, 4.69) is 37.0 Å². The molecule has 0 aliphatic carbocycles. The summed E-state index contributed by atoms with van der Waals surface area (Å²) in [6.07, 6.45) is 5.32. The van der Waals surface area contributed by atoms with E-state index in [4.69, 9.17) is 5.73 Å². The number of aromatic nitrogens is 4. The normalized spacial score (nSPS) is 16.0. The van der Waals surface area contributed by atoms with Crippen LogP contribution in [0.5, 0.6) is 0 Å². The average Bonchev–Trinajstić information content (AvgIpc) is 3.29. The van der Waals surface area contributed by atoms with Crippen molar-refractivity contribution in [2.75, 3.05) is 17.2 Å². The molecule has 1 aliphatic rings. The van der Waals surface area contributed by atoms with Gasteiger partial charge in [0.05, 0.1) is 29.4 Å². The van der Waals surface area contributed by atoms with E-state index in [9.17, 15) is 5.11 Å². The molecule has 0 radical (unpaired) electrons. The first-order valence-electron chi connectivity index (χ1n) is 8.76. The number of nitrogen functional groups attached to an aromatic ring is 1. The maximum atomic E-state index is 10.1. The van der Waals surface area contributed by atoms with Crippen molar-refractivity contribution in [3.8, 4) is 11.3 Å². The summed E-state index contributed by atoms with van der Waals surface area (Å²) in [6.45, 7) is 0.776. The van der Waals surface area contributed by atoms with Crippen LogP contribution in [0, 0.1) is 0 Å². The molecule has 1 aliphatic heterocycles. The summed E-state index contributed by atoms with van der Waals surface area (Å²) < 4.78 is 0. The third-order valence-corrected chi connectivity index (χ3v) is 5.12. The van der Waals surface area contributed by atoms with Crippen molar-refractivity contribution >= 4 is 22.7 Å². The number of nitrogens with two attached hydrogens (primary N) is 1. The molecule has 7 nitrogen and oxygen atoms in total. The van der Waals surface area contributed by atoms with Crippen molar-refractivity contribution in [1.29, 1.82) is 0 Å². The van der Waals surface area contributed by atoms with Crippen molar-refractivity contribution in [1.82, 2.24) is 19.9 Å². The second-order valence-electron chi connectivity index (χ2n) is 6.58. The zero-order valence-electron chi connectivity index (χ0n) is 14.5. The predicted octanol–water partition coefficient (Wildman–Crippen LogP) is 2.66. The average molecular weight is 358 g/mol. The largest absolute Gasteiger partial charge is 0.394 e. The SMILES string of the molecule is Nc1nccc(-c2c[nH]c3nccc(N4Cc5ccccc5C4CO)c23)n1. The van der Waals surface area contributed by atoms with Gasteiger partial charge in [-0.15, -0.1) is 0 Å². The molecule has 0 bridgehead atoms. The minimum atomic E-state index is -0.0926. The lowest BCUT2D eigenvalue weighted by molar-refractivity contribution is 0.265. The maximum absolute atomic E-state index is 10.1. The van der Waals surface area contributed by atoms with E-state index < -0.39 is 0 Å². The number of hydrogen-bond acceptors (Lipinski definition) is 6. The van der Waals surface area contributed by atoms with Gasteiger partial charge in [0, 0.05) is 30.7 Å². The molecule has 0 saturated heterocycles. The molecule has 1 atom stereocenters. The summed E-state index contributed by atoms with van der Waals surface area (Å²) in [5.74, 6) is 0.231. The van der Waals surface area contributed by atoms with Crippen molar-refractivity contribution in [3.63, 3.8) is 0 Å². The van der Waals surface area contributed by atoms with E-state index in [-0.39, 0.29) is 18.6 Å². The Bertz CT molecular complexity index is 1140. The lowest BCUT2D eigenvalue weighted by Crippen LogP contribution is -2.24. The van der Waals surface area contributed by atoms with Crippen LogP contribution in [0.3, 0.4) is 0 Å². The third-order valence-electron chi connectivity index (χ3n) is 5.12. The molecule has 3 aromatic heterocycles. The number of anilines is 2. The Labute approximate surface area is 155 Å². The molecule has 4 heterocycles. The lowest BCUT2D eigenvalue weighted by Gasteiger charge is -2.26. The molecular formula is C20H18N6O. The van der Waals surface area contributed by atoms with E-state index in [0.29, 0.717) is 0 Å². The topological polar surface area (TPSA) is 104 Å². The minimum Gasteiger partial charge on any atom is -0.394 e. The maximum Gasteiger partial charge on any atom is 0.220 e. The molecule has 5 rings (SSSR count). The van der Waals surface area contributed by atoms with Gasteiger partial charge in [0.2, 0.25) is 5.95 Å². The fourth-order valence-electron chi connectivity index (χ4n) is 3.92. The van der Waals surface area contributed by atoms with Gasteiger partial charge in [0.25, 0.3) is 0 Å². The van der Waals surface area contributed by atoms with Crippen molar-refractivity contribution in [3.05, 3.63) is 66.1 Å². The Morgan fingerprint density at radius 2 is 2.00 bits per heavy atom. The van der Waals surface area contributed by atoms with Crippen molar-refractivity contribution in [2.24, 2.45) is 0 Å². The second-order valence-corrected chi connectivity index (χ2v) is 6.58. The van der Waals surface area contributed by atoms with Gasteiger partial charge in [-0.25, -0.2) is 15.0 Å². The van der Waals surface area contributed by atoms with E-state index >= 15 is 0 Å². The zero-order chi connectivity index (χ0) is 18.4. The van der Waals surface area contributed by atoms with Crippen LogP contribution in [0.1, 0.15) is 17.2 Å². The number of H-pyrrole nitrogens is 1. The third kappa shape index (κ3) is 2.43. The highest BCUT2D eigenvalue weighted by molar-refractivity contribution is 6.02. The van der Waals surface area contributed by atoms with Gasteiger partial charge in [-0.05, 0) is 23.3 Å². The Hall–Kier alpha value is -3.45. The van der Waals surface area contributed by atoms with Crippen LogP contribution >= 0.6 is 0 Å². The number of aliphatic hydroxyl groups excluding tert-OH is 1. The van der Waals surface area contributed by atoms with Crippen LogP contribution in [0.2, 0.25) is 0 Å². The Morgan fingerprint density at radius 3 is 2.85 bits per heavy atom. The zero-order valence-corrected chi connectivity index (χ0v) is 14.5. The van der Waals surface area contributed by atoms with E-state index in [0.717, 1.165) is 40.1 Å². The quantitative estimate of drug-likeness (QED) is 0.520. The van der Waals surface area contributed by atoms with Gasteiger partial charge in [-0.3, -0.25) is 0 Å². The van der Waals surface area contributed by atoms with Crippen LogP contribution in [0.25, 0.3) is 22.3 Å². The number of nitrogens with one attached hydrogen (secondary N) is 1. The minimum absolute atomic E-state index is 0.0427. The van der Waals surface area contributed by atoms with Gasteiger partial charge in [-0.2, -0.15) is 0 Å². The van der Waals surface area contributed by atoms with Gasteiger partial charge < -0.3 is 20.7 Å². The van der Waals surface area contributed by atoms with Crippen LogP contribution in [0.15, 0.2) is 55.0 Å². The summed E-state index contributed by atoms with van der Waals surface area (Å²) in [4.78, 5) is 18.2. The first-order chi connectivity index (χ1) is 13.3. The molecule has 7 heteroatoms. The second kappa shape index (κ2) is 6.07. The summed E-state index contributed by atoms with van der Waals surface area (Å²) in [7, 11) is 0. The number of nitrogens with zero attached hydrogens (tertiary/aromatic N) is 4. The van der Waals surface area contributed by atoms with Crippen molar-refractivity contribution < 1.29 is 5.11 Å². The van der Waals surface area contributed by atoms with Gasteiger partial charge in [0.1, 0.15) is 5.65 Å². The van der Waals surface area contributed by atoms with E-state index in [1.165, 1.54) is 5.56 Å². The molecule has 0 amide bonds. The number of aliphatic hydroxyl groups is 1. The molecule has 0 spiro atoms. The Morgan fingerprint density at radius 1 is 1.15 bits per heavy atom. The molecular weight excluding hydrogens is 340 g/mol. The molecule has 1 aromatic carbocycles. The first-order valence-corrected chi connectivity index (χ1v) is 8.76. The van der Waals surface area contributed by atoms with Gasteiger partial charge >= 0.3 is 0 Å². The van der Waals surface area contributed by atoms with Gasteiger partial charge in [0.15, 0.2) is 0 Å². The molecule has 27 heavy (non-hydrogen) atoms. The molecule has 134 valence electrons. The van der Waals surface area contributed by atoms with Crippen molar-refractivity contribution in [2.45, 2.75) is 12.6 Å². The van der Waals surface area contributed by atoms with Crippen LogP contribution in [0.4, 0.5) is 11.6 Å². The summed E-state index contributed by atoms with van der Waals surface area (Å²) in [6, 6.07) is 12.0. The molecule has 4 N–H and O–H groups in total. The molecule has 0 saturated carbocycles. The molecule has 0 fully saturated rings. The molecule has 4 aromatic rings. The first kappa shape index (κ1) is 15.8. The van der Waals surface area contributed by atoms with E-state index in [1.54, 1.807) is 12.4 Å². The number of benzene rings is 1. The highest BCUT2D eigenvalue weighted by Crippen LogP contribution is 2.42. The smallest absolute Gasteiger partial charge is 0.220 e. The lowest BCUT2D eigenvalue weighted by atomic mass is 10.1. The summed E-state index contributed by atoms with van der Waals surface area (Å²) in [5, 5.41) is 11.0. The fraction of sp³-hybridized carbons (Fsp3) is 0.150. The number of fused-ring (bicyclic) bond motifs is 2. The monoisotopic (exact) mass is 358 g/mol. The fourth-order valence-corrected chi connectivity index (χ4v) is 3.92. The van der Waals surface area contributed by atoms with Gasteiger partial charge in [-0.1, -0.05) is 24.3 Å². The Kier molecular flexibility index (Phi) is 3.54. The number of rotatable bonds is 3. The van der Waals surface area contributed by atoms with Crippen LogP contribution in [-0.2, 0) is 6.54 Å². The Balaban J connectivity index is 1.70. The summed E-state index contributed by atoms with van der Waals surface area (Å²) in [5.41, 5.74) is 11.6. The highest BCUT2D eigenvalue weighted by Gasteiger charge is 2.31.